The van der Waals surface area contributed by atoms with Gasteiger partial charge in [-0.1, -0.05) is 44.5 Å². The van der Waals surface area contributed by atoms with Gasteiger partial charge in [0, 0.05) is 55.3 Å². The molecule has 3 aliphatic rings. The molecular weight excluding hydrogens is 797 g/mol. The highest BCUT2D eigenvalue weighted by Gasteiger charge is 2.45. The van der Waals surface area contributed by atoms with Gasteiger partial charge in [0.25, 0.3) is 10.1 Å². The minimum atomic E-state index is -4.39. The molecule has 0 radical (unpaired) electrons. The Kier molecular flexibility index (Phi) is 17.9. The zero-order chi connectivity index (χ0) is 44.0. The first-order valence-corrected chi connectivity index (χ1v) is 23.1. The van der Waals surface area contributed by atoms with E-state index < -0.39 is 15.5 Å². The SMILES string of the molecule is CCCOC1=C(C=CC2=[N+](CCOCCOCCOC)c3ccc(S(=O)(=O)O)cc3C2(C)C)CCCC1=CC=C1N(CCOCCOCCOC)c2ccc(C)cc2C1(C)C. The number of hydrogen-bond acceptors (Lipinski definition) is 10. The van der Waals surface area contributed by atoms with Crippen LogP contribution in [0.4, 0.5) is 11.4 Å². The second-order valence-corrected chi connectivity index (χ2v) is 18.1. The molecule has 13 heteroatoms. The molecule has 0 atom stereocenters. The third kappa shape index (κ3) is 12.3. The summed E-state index contributed by atoms with van der Waals surface area (Å²) in [7, 11) is -1.08. The van der Waals surface area contributed by atoms with Crippen LogP contribution in [0.3, 0.4) is 0 Å². The third-order valence-electron chi connectivity index (χ3n) is 11.5. The summed E-state index contributed by atoms with van der Waals surface area (Å²) in [6.07, 6.45) is 12.5. The van der Waals surface area contributed by atoms with Crippen LogP contribution in [-0.2, 0) is 54.1 Å². The zero-order valence-electron chi connectivity index (χ0n) is 37.7. The molecule has 0 amide bonds. The summed E-state index contributed by atoms with van der Waals surface area (Å²) >= 11 is 0. The molecule has 0 fully saturated rings. The predicted octanol–water partition coefficient (Wildman–Crippen LogP) is 8.01. The standard InChI is InChI=1S/C48H68N2O10S/c1-9-23-60-46-37(14-19-44-47(3,4)40-34-36(2)13-17-42(40)49(44)21-24-56-30-32-58-28-26-54-7)11-10-12-38(46)15-20-45-48(5,6)41-35-39(61(51,52)53)16-18-43(41)50(45)22-25-57-31-33-59-29-27-55-8/h13-20,34-35H,9-12,21-33H2,1-8H3/p+1. The van der Waals surface area contributed by atoms with Crippen LogP contribution in [0.2, 0.25) is 0 Å². The van der Waals surface area contributed by atoms with Gasteiger partial charge >= 0.3 is 0 Å². The van der Waals surface area contributed by atoms with E-state index in [0.717, 1.165) is 59.6 Å². The second kappa shape index (κ2) is 22.6. The predicted molar refractivity (Wildman–Crippen MR) is 240 cm³/mol. The number of fused-ring (bicyclic) bond motifs is 2. The van der Waals surface area contributed by atoms with Gasteiger partial charge in [0.05, 0.1) is 76.4 Å². The number of benzene rings is 2. The molecule has 2 aromatic carbocycles. The van der Waals surface area contributed by atoms with E-state index in [9.17, 15) is 13.0 Å². The number of rotatable bonds is 25. The van der Waals surface area contributed by atoms with Crippen molar-refractivity contribution in [2.24, 2.45) is 0 Å². The number of allylic oxidation sites excluding steroid dienone is 7. The Labute approximate surface area is 364 Å². The van der Waals surface area contributed by atoms with Crippen LogP contribution in [0, 0.1) is 6.92 Å². The lowest BCUT2D eigenvalue weighted by Crippen LogP contribution is -2.29. The van der Waals surface area contributed by atoms with E-state index in [0.29, 0.717) is 85.8 Å². The summed E-state index contributed by atoms with van der Waals surface area (Å²) in [5, 5.41) is 0. The highest BCUT2D eigenvalue weighted by molar-refractivity contribution is 7.85. The molecule has 2 heterocycles. The van der Waals surface area contributed by atoms with Crippen molar-refractivity contribution in [2.75, 3.05) is 105 Å². The molecule has 0 spiro atoms. The molecule has 2 aliphatic heterocycles. The largest absolute Gasteiger partial charge is 0.493 e. The highest BCUT2D eigenvalue weighted by Crippen LogP contribution is 2.48. The van der Waals surface area contributed by atoms with E-state index in [-0.39, 0.29) is 10.3 Å². The Morgan fingerprint density at radius 2 is 1.41 bits per heavy atom. The van der Waals surface area contributed by atoms with E-state index in [2.05, 4.69) is 93.5 Å². The Hall–Kier alpha value is -3.66. The van der Waals surface area contributed by atoms with Crippen molar-refractivity contribution in [3.8, 4) is 0 Å². The lowest BCUT2D eigenvalue weighted by atomic mass is 9.81. The van der Waals surface area contributed by atoms with Gasteiger partial charge in [0.15, 0.2) is 12.3 Å². The van der Waals surface area contributed by atoms with Gasteiger partial charge in [0.2, 0.25) is 5.69 Å². The number of ether oxygens (including phenoxy) is 7. The minimum absolute atomic E-state index is 0.124. The summed E-state index contributed by atoms with van der Waals surface area (Å²) < 4.78 is 76.5. The molecule has 61 heavy (non-hydrogen) atoms. The van der Waals surface area contributed by atoms with Crippen LogP contribution >= 0.6 is 0 Å². The fourth-order valence-electron chi connectivity index (χ4n) is 8.30. The van der Waals surface area contributed by atoms with Crippen molar-refractivity contribution in [1.82, 2.24) is 0 Å². The van der Waals surface area contributed by atoms with Crippen molar-refractivity contribution in [3.63, 3.8) is 0 Å². The summed E-state index contributed by atoms with van der Waals surface area (Å²) in [4.78, 5) is 2.27. The highest BCUT2D eigenvalue weighted by atomic mass is 32.2. The first-order chi connectivity index (χ1) is 29.2. The van der Waals surface area contributed by atoms with Crippen LogP contribution in [0.25, 0.3) is 0 Å². The van der Waals surface area contributed by atoms with Crippen LogP contribution < -0.4 is 4.90 Å². The van der Waals surface area contributed by atoms with E-state index in [4.69, 9.17) is 33.2 Å². The fourth-order valence-corrected chi connectivity index (χ4v) is 8.80. The third-order valence-corrected chi connectivity index (χ3v) is 12.4. The van der Waals surface area contributed by atoms with Crippen LogP contribution in [0.5, 0.6) is 0 Å². The van der Waals surface area contributed by atoms with E-state index in [1.165, 1.54) is 28.6 Å². The number of aryl methyl sites for hydroxylation is 1. The van der Waals surface area contributed by atoms with Crippen LogP contribution in [0.1, 0.15) is 77.0 Å². The van der Waals surface area contributed by atoms with Crippen LogP contribution in [-0.4, -0.2) is 123 Å². The smallest absolute Gasteiger partial charge is 0.294 e. The summed E-state index contributed by atoms with van der Waals surface area (Å²) in [6, 6.07) is 11.5. The number of nitrogens with zero attached hydrogens (tertiary/aromatic N) is 2. The van der Waals surface area contributed by atoms with Crippen molar-refractivity contribution >= 4 is 27.2 Å². The average Bonchev–Trinajstić information content (AvgIpc) is 3.57. The van der Waals surface area contributed by atoms with E-state index in [1.54, 1.807) is 26.4 Å². The Bertz CT molecular complexity index is 2060. The first-order valence-electron chi connectivity index (χ1n) is 21.7. The van der Waals surface area contributed by atoms with Gasteiger partial charge in [-0.2, -0.15) is 13.0 Å². The van der Waals surface area contributed by atoms with Crippen molar-refractivity contribution < 1.29 is 50.7 Å². The Morgan fingerprint density at radius 1 is 0.754 bits per heavy atom. The second-order valence-electron chi connectivity index (χ2n) is 16.7. The topological polar surface area (TPSA) is 125 Å². The summed E-state index contributed by atoms with van der Waals surface area (Å²) in [6.45, 7) is 20.0. The van der Waals surface area contributed by atoms with Gasteiger partial charge in [-0.25, -0.2) is 0 Å². The maximum Gasteiger partial charge on any atom is 0.294 e. The number of methoxy groups -OCH3 is 2. The van der Waals surface area contributed by atoms with Crippen molar-refractivity contribution in [2.45, 2.75) is 83.0 Å². The number of hydrogen-bond donors (Lipinski definition) is 1. The van der Waals surface area contributed by atoms with Gasteiger partial charge in [-0.15, -0.1) is 0 Å². The molecule has 0 aromatic heterocycles. The Morgan fingerprint density at radius 3 is 2.07 bits per heavy atom. The molecule has 0 unspecified atom stereocenters. The minimum Gasteiger partial charge on any atom is -0.493 e. The van der Waals surface area contributed by atoms with Gasteiger partial charge in [0.1, 0.15) is 12.4 Å². The van der Waals surface area contributed by atoms with E-state index in [1.807, 2.05) is 0 Å². The van der Waals surface area contributed by atoms with Crippen molar-refractivity contribution in [1.29, 1.82) is 0 Å². The molecule has 1 aliphatic carbocycles. The average molecular weight is 866 g/mol. The molecule has 2 aromatic rings. The quantitative estimate of drug-likeness (QED) is 0.0593. The molecule has 0 saturated carbocycles. The molecular formula is C48H69N2O10S+. The first kappa shape index (κ1) is 48.4. The fraction of sp³-hybridized carbons (Fsp3) is 0.562. The van der Waals surface area contributed by atoms with Gasteiger partial charge < -0.3 is 38.1 Å². The lowest BCUT2D eigenvalue weighted by molar-refractivity contribution is -0.442. The van der Waals surface area contributed by atoms with E-state index >= 15 is 0 Å². The summed E-state index contributed by atoms with van der Waals surface area (Å²) in [5.74, 6) is 0.916. The summed E-state index contributed by atoms with van der Waals surface area (Å²) in [5.41, 5.74) is 9.12. The molecule has 1 N–H and O–H groups in total. The molecule has 12 nitrogen and oxygen atoms in total. The number of anilines is 1. The lowest BCUT2D eigenvalue weighted by Gasteiger charge is -2.27. The normalized spacial score (nSPS) is 18.6. The molecule has 0 bridgehead atoms. The van der Waals surface area contributed by atoms with Crippen molar-refractivity contribution in [3.05, 3.63) is 100.0 Å². The molecule has 336 valence electrons. The monoisotopic (exact) mass is 865 g/mol. The van der Waals surface area contributed by atoms with Crippen LogP contribution in [0.15, 0.2) is 88.2 Å². The van der Waals surface area contributed by atoms with Gasteiger partial charge in [-0.3, -0.25) is 4.55 Å². The molecule has 5 rings (SSSR count). The Balaban J connectivity index is 1.46. The zero-order valence-corrected chi connectivity index (χ0v) is 38.5. The molecule has 0 saturated heterocycles. The van der Waals surface area contributed by atoms with Gasteiger partial charge in [-0.05, 0) is 93.5 Å². The maximum atomic E-state index is 12.2. The maximum absolute atomic E-state index is 12.2.